The van der Waals surface area contributed by atoms with Crippen molar-refractivity contribution in [3.05, 3.63) is 107 Å². The van der Waals surface area contributed by atoms with Crippen molar-refractivity contribution in [1.82, 2.24) is 30.6 Å². The summed E-state index contributed by atoms with van der Waals surface area (Å²) in [4.78, 5) is 20.5. The number of rotatable bonds is 9. The molecular weight excluding hydrogens is 480 g/mol. The largest absolute Gasteiger partial charge is 0.478 e. The summed E-state index contributed by atoms with van der Waals surface area (Å²) in [6.07, 6.45) is 1.23. The zero-order valence-electron chi connectivity index (χ0n) is 21.0. The maximum atomic E-state index is 11.2. The van der Waals surface area contributed by atoms with E-state index in [1.54, 1.807) is 12.1 Å². The molecule has 0 aliphatic rings. The topological polar surface area (TPSA) is 127 Å². The molecule has 2 heterocycles. The van der Waals surface area contributed by atoms with Crippen LogP contribution in [0.15, 0.2) is 72.8 Å². The zero-order valence-corrected chi connectivity index (χ0v) is 21.0. The first-order valence-electron chi connectivity index (χ1n) is 12.3. The molecular formula is C29H26N6O3. The number of aryl methyl sites for hydroxylation is 2. The number of carbonyl (C=O) groups is 1. The average Bonchev–Trinajstić information content (AvgIpc) is 3.49. The molecule has 0 amide bonds. The molecule has 190 valence electrons. The number of aromatic nitrogens is 6. The zero-order chi connectivity index (χ0) is 26.5. The molecule has 3 aromatic carbocycles. The standard InChI is InChI=1S/C29H26N6O3/c1-3-26-30-18(2)25(16-19-8-14-22(15-9-19)29(36)37)28(31-26)38-17-20-10-12-21(13-11-20)23-6-4-5-7-24(23)27-32-34-35-33-27/h4-15H,3,16-17H2,1-2H3,(H,36,37)(H,32,33,34,35). The molecule has 0 atom stereocenters. The molecule has 38 heavy (non-hydrogen) atoms. The first-order chi connectivity index (χ1) is 18.5. The van der Waals surface area contributed by atoms with Crippen LogP contribution in [-0.2, 0) is 19.4 Å². The average molecular weight is 507 g/mol. The van der Waals surface area contributed by atoms with Crippen molar-refractivity contribution in [2.75, 3.05) is 0 Å². The summed E-state index contributed by atoms with van der Waals surface area (Å²) >= 11 is 0. The number of carboxylic acid groups (broad SMARTS) is 1. The van der Waals surface area contributed by atoms with Crippen molar-refractivity contribution in [2.24, 2.45) is 0 Å². The number of carboxylic acids is 1. The molecule has 0 saturated carbocycles. The predicted octanol–water partition coefficient (Wildman–Crippen LogP) is 5.06. The Labute approximate surface area is 219 Å². The molecule has 9 heteroatoms. The summed E-state index contributed by atoms with van der Waals surface area (Å²) in [7, 11) is 0. The Balaban J connectivity index is 1.36. The van der Waals surface area contributed by atoms with Crippen LogP contribution in [0.5, 0.6) is 5.88 Å². The number of tetrazole rings is 1. The van der Waals surface area contributed by atoms with Crippen LogP contribution in [0.25, 0.3) is 22.5 Å². The van der Waals surface area contributed by atoms with E-state index in [1.165, 1.54) is 0 Å². The van der Waals surface area contributed by atoms with Gasteiger partial charge in [-0.25, -0.2) is 9.78 Å². The maximum Gasteiger partial charge on any atom is 0.335 e. The molecule has 9 nitrogen and oxygen atoms in total. The highest BCUT2D eigenvalue weighted by atomic mass is 16.5. The lowest BCUT2D eigenvalue weighted by molar-refractivity contribution is 0.0697. The lowest BCUT2D eigenvalue weighted by Gasteiger charge is -2.15. The number of benzene rings is 3. The fourth-order valence-corrected chi connectivity index (χ4v) is 4.21. The fourth-order valence-electron chi connectivity index (χ4n) is 4.21. The van der Waals surface area contributed by atoms with Crippen molar-refractivity contribution in [3.63, 3.8) is 0 Å². The number of aromatic amines is 1. The van der Waals surface area contributed by atoms with E-state index in [2.05, 4.69) is 30.6 Å². The van der Waals surface area contributed by atoms with Crippen LogP contribution >= 0.6 is 0 Å². The van der Waals surface area contributed by atoms with Crippen LogP contribution in [0.4, 0.5) is 0 Å². The molecule has 0 unspecified atom stereocenters. The molecule has 0 aliphatic carbocycles. The van der Waals surface area contributed by atoms with Gasteiger partial charge in [-0.3, -0.25) is 0 Å². The van der Waals surface area contributed by atoms with Crippen molar-refractivity contribution in [2.45, 2.75) is 33.3 Å². The summed E-state index contributed by atoms with van der Waals surface area (Å²) in [5, 5.41) is 23.6. The Hall–Kier alpha value is -4.92. The number of ether oxygens (including phenoxy) is 1. The number of aromatic carboxylic acids is 1. The maximum absolute atomic E-state index is 11.2. The Morgan fingerprint density at radius 1 is 0.921 bits per heavy atom. The third-order valence-corrected chi connectivity index (χ3v) is 6.27. The molecule has 2 aromatic heterocycles. The molecule has 0 fully saturated rings. The van der Waals surface area contributed by atoms with Crippen molar-refractivity contribution >= 4 is 5.97 Å². The number of H-pyrrole nitrogens is 1. The van der Waals surface area contributed by atoms with E-state index in [9.17, 15) is 9.90 Å². The Kier molecular flexibility index (Phi) is 7.17. The Bertz CT molecular complexity index is 1550. The van der Waals surface area contributed by atoms with Gasteiger partial charge in [-0.2, -0.15) is 10.2 Å². The number of nitrogens with one attached hydrogen (secondary N) is 1. The summed E-state index contributed by atoms with van der Waals surface area (Å²) in [5.41, 5.74) is 6.89. The van der Waals surface area contributed by atoms with Crippen molar-refractivity contribution in [1.29, 1.82) is 0 Å². The van der Waals surface area contributed by atoms with Gasteiger partial charge in [0, 0.05) is 29.7 Å². The molecule has 0 saturated heterocycles. The molecule has 5 rings (SSSR count). The highest BCUT2D eigenvalue weighted by molar-refractivity contribution is 5.87. The molecule has 0 aliphatic heterocycles. The number of nitrogens with zero attached hydrogens (tertiary/aromatic N) is 5. The van der Waals surface area contributed by atoms with Crippen LogP contribution < -0.4 is 4.74 Å². The van der Waals surface area contributed by atoms with E-state index in [0.717, 1.165) is 44.9 Å². The fraction of sp³-hybridized carbons (Fsp3) is 0.172. The van der Waals surface area contributed by atoms with Gasteiger partial charge in [-0.15, -0.1) is 10.2 Å². The van der Waals surface area contributed by atoms with E-state index in [4.69, 9.17) is 4.74 Å². The molecule has 0 bridgehead atoms. The van der Waals surface area contributed by atoms with Crippen LogP contribution in [-0.4, -0.2) is 41.7 Å². The van der Waals surface area contributed by atoms with E-state index in [1.807, 2.05) is 74.5 Å². The smallest absolute Gasteiger partial charge is 0.335 e. The molecule has 2 N–H and O–H groups in total. The third kappa shape index (κ3) is 5.41. The van der Waals surface area contributed by atoms with Crippen molar-refractivity contribution < 1.29 is 14.6 Å². The molecule has 5 aromatic rings. The van der Waals surface area contributed by atoms with E-state index in [-0.39, 0.29) is 5.56 Å². The van der Waals surface area contributed by atoms with Gasteiger partial charge in [0.1, 0.15) is 12.4 Å². The predicted molar refractivity (Wildman–Crippen MR) is 142 cm³/mol. The first-order valence-corrected chi connectivity index (χ1v) is 12.3. The second-order valence-corrected chi connectivity index (χ2v) is 8.81. The third-order valence-electron chi connectivity index (χ3n) is 6.27. The minimum Gasteiger partial charge on any atom is -0.478 e. The van der Waals surface area contributed by atoms with Crippen LogP contribution in [0.2, 0.25) is 0 Å². The summed E-state index contributed by atoms with van der Waals surface area (Å²) < 4.78 is 6.23. The summed E-state index contributed by atoms with van der Waals surface area (Å²) in [5.74, 6) is 0.861. The quantitative estimate of drug-likeness (QED) is 0.284. The van der Waals surface area contributed by atoms with Gasteiger partial charge in [-0.1, -0.05) is 67.6 Å². The van der Waals surface area contributed by atoms with Gasteiger partial charge in [-0.05, 0) is 46.5 Å². The van der Waals surface area contributed by atoms with Gasteiger partial charge >= 0.3 is 5.97 Å². The first kappa shape index (κ1) is 24.8. The lowest BCUT2D eigenvalue weighted by Crippen LogP contribution is -2.08. The summed E-state index contributed by atoms with van der Waals surface area (Å²) in [6.45, 7) is 4.30. The van der Waals surface area contributed by atoms with Gasteiger partial charge in [0.2, 0.25) is 11.7 Å². The monoisotopic (exact) mass is 506 g/mol. The second-order valence-electron chi connectivity index (χ2n) is 8.81. The molecule has 0 spiro atoms. The number of hydrogen-bond acceptors (Lipinski definition) is 7. The van der Waals surface area contributed by atoms with Gasteiger partial charge in [0.15, 0.2) is 0 Å². The second kappa shape index (κ2) is 11.0. The Morgan fingerprint density at radius 2 is 1.63 bits per heavy atom. The van der Waals surface area contributed by atoms with Gasteiger partial charge < -0.3 is 9.84 Å². The van der Waals surface area contributed by atoms with Gasteiger partial charge in [0.05, 0.1) is 5.56 Å². The lowest BCUT2D eigenvalue weighted by atomic mass is 9.98. The minimum atomic E-state index is -0.947. The van der Waals surface area contributed by atoms with E-state index < -0.39 is 5.97 Å². The number of hydrogen-bond donors (Lipinski definition) is 2. The SMILES string of the molecule is CCc1nc(C)c(Cc2ccc(C(=O)O)cc2)c(OCc2ccc(-c3ccccc3-c3nn[nH]n3)cc2)n1. The van der Waals surface area contributed by atoms with Crippen LogP contribution in [0, 0.1) is 6.92 Å². The highest BCUT2D eigenvalue weighted by Gasteiger charge is 2.15. The van der Waals surface area contributed by atoms with Crippen molar-refractivity contribution in [3.8, 4) is 28.4 Å². The van der Waals surface area contributed by atoms with E-state index in [0.29, 0.717) is 31.2 Å². The minimum absolute atomic E-state index is 0.253. The Morgan fingerprint density at radius 3 is 2.29 bits per heavy atom. The molecule has 0 radical (unpaired) electrons. The van der Waals surface area contributed by atoms with Crippen LogP contribution in [0.3, 0.4) is 0 Å². The van der Waals surface area contributed by atoms with E-state index >= 15 is 0 Å². The van der Waals surface area contributed by atoms with Crippen LogP contribution in [0.1, 0.15) is 45.5 Å². The highest BCUT2D eigenvalue weighted by Crippen LogP contribution is 2.30. The normalized spacial score (nSPS) is 10.9. The van der Waals surface area contributed by atoms with Gasteiger partial charge in [0.25, 0.3) is 0 Å². The summed E-state index contributed by atoms with van der Waals surface area (Å²) in [6, 6.07) is 22.9.